The third kappa shape index (κ3) is 6.46. The molecule has 0 atom stereocenters. The second-order valence-corrected chi connectivity index (χ2v) is 8.24. The average Bonchev–Trinajstić information content (AvgIpc) is 3.21. The lowest BCUT2D eigenvalue weighted by Crippen LogP contribution is -2.45. The minimum absolute atomic E-state index is 0.0155. The predicted octanol–water partition coefficient (Wildman–Crippen LogP) is 2.34. The SMILES string of the molecule is CCOC(=O)c1oc(-c2ccccc2C(=O)NCC(=O)NC(C)(C)C)c(C(=O)OC)c1C(=O)OC. The van der Waals surface area contributed by atoms with Crippen LogP contribution in [0.3, 0.4) is 0 Å². The number of furan rings is 1. The summed E-state index contributed by atoms with van der Waals surface area (Å²) in [6.07, 6.45) is 0. The van der Waals surface area contributed by atoms with Crippen molar-refractivity contribution in [2.75, 3.05) is 27.4 Å². The number of amides is 2. The fourth-order valence-electron chi connectivity index (χ4n) is 3.15. The Kier molecular flexibility index (Phi) is 8.76. The largest absolute Gasteiger partial charge is 0.465 e. The second kappa shape index (κ2) is 11.3. The second-order valence-electron chi connectivity index (χ2n) is 8.24. The molecule has 0 radical (unpaired) electrons. The first kappa shape index (κ1) is 27.1. The summed E-state index contributed by atoms with van der Waals surface area (Å²) in [6, 6.07) is 5.99. The van der Waals surface area contributed by atoms with Crippen LogP contribution in [0, 0.1) is 0 Å². The third-order valence-electron chi connectivity index (χ3n) is 4.49. The van der Waals surface area contributed by atoms with Gasteiger partial charge in [0.05, 0.1) is 32.9 Å². The Labute approximate surface area is 202 Å². The summed E-state index contributed by atoms with van der Waals surface area (Å²) in [7, 11) is 2.14. The van der Waals surface area contributed by atoms with Gasteiger partial charge >= 0.3 is 17.9 Å². The molecule has 11 nitrogen and oxygen atoms in total. The van der Waals surface area contributed by atoms with Crippen LogP contribution in [-0.2, 0) is 19.0 Å². The van der Waals surface area contributed by atoms with Crippen molar-refractivity contribution in [1.29, 1.82) is 0 Å². The first-order chi connectivity index (χ1) is 16.4. The molecule has 1 aromatic heterocycles. The van der Waals surface area contributed by atoms with Crippen molar-refractivity contribution in [3.05, 3.63) is 46.7 Å². The van der Waals surface area contributed by atoms with Gasteiger partial charge in [-0.3, -0.25) is 9.59 Å². The zero-order chi connectivity index (χ0) is 26.3. The number of hydrogen-bond donors (Lipinski definition) is 2. The molecule has 0 aliphatic rings. The van der Waals surface area contributed by atoms with Gasteiger partial charge in [-0.2, -0.15) is 0 Å². The zero-order valence-corrected chi connectivity index (χ0v) is 20.4. The van der Waals surface area contributed by atoms with Crippen LogP contribution < -0.4 is 10.6 Å². The molecule has 0 aliphatic carbocycles. The van der Waals surface area contributed by atoms with Crippen LogP contribution in [0.25, 0.3) is 11.3 Å². The molecule has 2 N–H and O–H groups in total. The molecular formula is C24H28N2O9. The van der Waals surface area contributed by atoms with Crippen LogP contribution in [0.2, 0.25) is 0 Å². The normalized spacial score (nSPS) is 10.8. The number of rotatable bonds is 8. The van der Waals surface area contributed by atoms with Crippen LogP contribution in [0.4, 0.5) is 0 Å². The molecule has 0 aliphatic heterocycles. The van der Waals surface area contributed by atoms with E-state index < -0.39 is 52.1 Å². The van der Waals surface area contributed by atoms with Gasteiger partial charge in [0, 0.05) is 11.1 Å². The van der Waals surface area contributed by atoms with E-state index in [1.165, 1.54) is 12.1 Å². The summed E-state index contributed by atoms with van der Waals surface area (Å²) in [6.45, 7) is 6.61. The lowest BCUT2D eigenvalue weighted by molar-refractivity contribution is -0.121. The molecular weight excluding hydrogens is 460 g/mol. The van der Waals surface area contributed by atoms with Gasteiger partial charge in [-0.1, -0.05) is 18.2 Å². The fraction of sp³-hybridized carbons (Fsp3) is 0.375. The van der Waals surface area contributed by atoms with Gasteiger partial charge < -0.3 is 29.3 Å². The summed E-state index contributed by atoms with van der Waals surface area (Å²) in [5.41, 5.74) is -1.30. The van der Waals surface area contributed by atoms with Crippen molar-refractivity contribution < 1.29 is 42.6 Å². The van der Waals surface area contributed by atoms with Crippen molar-refractivity contribution in [2.45, 2.75) is 33.2 Å². The van der Waals surface area contributed by atoms with Gasteiger partial charge in [0.15, 0.2) is 5.76 Å². The van der Waals surface area contributed by atoms with Crippen LogP contribution in [0.1, 0.15) is 69.3 Å². The van der Waals surface area contributed by atoms with Crippen molar-refractivity contribution in [2.24, 2.45) is 0 Å². The molecule has 0 bridgehead atoms. The first-order valence-corrected chi connectivity index (χ1v) is 10.6. The predicted molar refractivity (Wildman–Crippen MR) is 123 cm³/mol. The van der Waals surface area contributed by atoms with E-state index >= 15 is 0 Å². The van der Waals surface area contributed by atoms with Gasteiger partial charge in [0.2, 0.25) is 11.7 Å². The Balaban J connectivity index is 2.61. The molecule has 1 heterocycles. The molecule has 2 rings (SSSR count). The molecule has 0 saturated carbocycles. The average molecular weight is 488 g/mol. The van der Waals surface area contributed by atoms with Gasteiger partial charge in [-0.25, -0.2) is 14.4 Å². The molecule has 35 heavy (non-hydrogen) atoms. The lowest BCUT2D eigenvalue weighted by atomic mass is 9.99. The van der Waals surface area contributed by atoms with E-state index in [9.17, 15) is 24.0 Å². The summed E-state index contributed by atoms with van der Waals surface area (Å²) >= 11 is 0. The molecule has 0 saturated heterocycles. The molecule has 0 spiro atoms. The minimum Gasteiger partial charge on any atom is -0.465 e. The number of ether oxygens (including phenoxy) is 3. The Bertz CT molecular complexity index is 1140. The molecule has 0 unspecified atom stereocenters. The topological polar surface area (TPSA) is 150 Å². The smallest absolute Gasteiger partial charge is 0.375 e. The number of hydrogen-bond acceptors (Lipinski definition) is 9. The Morgan fingerprint density at radius 2 is 1.51 bits per heavy atom. The van der Waals surface area contributed by atoms with Crippen molar-refractivity contribution in [1.82, 2.24) is 10.6 Å². The molecule has 1 aromatic carbocycles. The number of methoxy groups -OCH3 is 2. The molecule has 2 amide bonds. The van der Waals surface area contributed by atoms with Crippen molar-refractivity contribution >= 4 is 29.7 Å². The maximum Gasteiger partial charge on any atom is 0.375 e. The summed E-state index contributed by atoms with van der Waals surface area (Å²) in [5, 5.41) is 5.22. The summed E-state index contributed by atoms with van der Waals surface area (Å²) < 4.78 is 20.1. The Morgan fingerprint density at radius 3 is 2.09 bits per heavy atom. The van der Waals surface area contributed by atoms with Crippen molar-refractivity contribution in [3.8, 4) is 11.3 Å². The highest BCUT2D eigenvalue weighted by atomic mass is 16.6. The summed E-state index contributed by atoms with van der Waals surface area (Å²) in [4.78, 5) is 62.8. The quantitative estimate of drug-likeness (QED) is 0.421. The number of benzene rings is 1. The highest BCUT2D eigenvalue weighted by Crippen LogP contribution is 2.35. The van der Waals surface area contributed by atoms with E-state index in [4.69, 9.17) is 18.6 Å². The van der Waals surface area contributed by atoms with Crippen molar-refractivity contribution in [3.63, 3.8) is 0 Å². The molecule has 188 valence electrons. The highest BCUT2D eigenvalue weighted by Gasteiger charge is 2.36. The third-order valence-corrected chi connectivity index (χ3v) is 4.49. The zero-order valence-electron chi connectivity index (χ0n) is 20.4. The molecule has 11 heteroatoms. The molecule has 2 aromatic rings. The van der Waals surface area contributed by atoms with E-state index in [0.29, 0.717) is 0 Å². The Hall–Kier alpha value is -4.15. The standard InChI is InChI=1S/C24H28N2O9/c1-7-34-23(31)19-17(22(30)33-6)16(21(29)32-5)18(35-19)13-10-8-9-11-14(13)20(28)25-12-15(27)26-24(2,3)4/h8-11H,7,12H2,1-6H3,(H,25,28)(H,26,27). The monoisotopic (exact) mass is 488 g/mol. The van der Waals surface area contributed by atoms with E-state index in [0.717, 1.165) is 14.2 Å². The fourth-order valence-corrected chi connectivity index (χ4v) is 3.15. The van der Waals surface area contributed by atoms with E-state index in [1.807, 2.05) is 0 Å². The van der Waals surface area contributed by atoms with E-state index in [-0.39, 0.29) is 30.0 Å². The van der Waals surface area contributed by atoms with E-state index in [2.05, 4.69) is 10.6 Å². The van der Waals surface area contributed by atoms with Gasteiger partial charge in [0.1, 0.15) is 11.1 Å². The van der Waals surface area contributed by atoms with Gasteiger partial charge in [-0.05, 0) is 33.8 Å². The lowest BCUT2D eigenvalue weighted by Gasteiger charge is -2.20. The number of nitrogens with one attached hydrogen (secondary N) is 2. The number of carbonyl (C=O) groups is 5. The highest BCUT2D eigenvalue weighted by molar-refractivity contribution is 6.14. The maximum atomic E-state index is 12.9. The van der Waals surface area contributed by atoms with Gasteiger partial charge in [0.25, 0.3) is 5.91 Å². The maximum absolute atomic E-state index is 12.9. The van der Waals surface area contributed by atoms with Crippen LogP contribution in [-0.4, -0.2) is 62.6 Å². The number of carbonyl (C=O) groups excluding carboxylic acids is 5. The molecule has 0 fully saturated rings. The summed E-state index contributed by atoms with van der Waals surface area (Å²) in [5.74, 6) is -4.96. The van der Waals surface area contributed by atoms with Crippen LogP contribution >= 0.6 is 0 Å². The van der Waals surface area contributed by atoms with E-state index in [1.54, 1.807) is 39.8 Å². The van der Waals surface area contributed by atoms with Crippen LogP contribution in [0.5, 0.6) is 0 Å². The number of esters is 3. The van der Waals surface area contributed by atoms with Crippen LogP contribution in [0.15, 0.2) is 28.7 Å². The minimum atomic E-state index is -1.04. The Morgan fingerprint density at radius 1 is 0.914 bits per heavy atom. The van der Waals surface area contributed by atoms with Gasteiger partial charge in [-0.15, -0.1) is 0 Å². The first-order valence-electron chi connectivity index (χ1n) is 10.6.